The highest BCUT2D eigenvalue weighted by molar-refractivity contribution is 5.44. The molecule has 2 aromatic rings. The molecule has 1 aliphatic heterocycles. The van der Waals surface area contributed by atoms with E-state index in [9.17, 15) is 0 Å². The van der Waals surface area contributed by atoms with Crippen molar-refractivity contribution in [2.75, 3.05) is 20.2 Å². The third kappa shape index (κ3) is 4.30. The lowest BCUT2D eigenvalue weighted by Gasteiger charge is -2.20. The van der Waals surface area contributed by atoms with Crippen LogP contribution < -0.4 is 9.47 Å². The average Bonchev–Trinajstić information content (AvgIpc) is 3.32. The molecular formula is C24H31NO2. The molecule has 2 aliphatic rings. The molecule has 1 aliphatic carbocycles. The normalized spacial score (nSPS) is 23.6. The van der Waals surface area contributed by atoms with E-state index in [1.54, 1.807) is 7.11 Å². The van der Waals surface area contributed by atoms with Crippen LogP contribution in [-0.4, -0.2) is 31.2 Å². The maximum Gasteiger partial charge on any atom is 0.161 e. The average molecular weight is 366 g/mol. The highest BCUT2D eigenvalue weighted by atomic mass is 16.5. The third-order valence-electron chi connectivity index (χ3n) is 6.15. The van der Waals surface area contributed by atoms with Gasteiger partial charge < -0.3 is 9.47 Å². The zero-order valence-electron chi connectivity index (χ0n) is 16.6. The first-order valence-corrected chi connectivity index (χ1v) is 10.3. The van der Waals surface area contributed by atoms with Crippen LogP contribution in [-0.2, 0) is 6.54 Å². The summed E-state index contributed by atoms with van der Waals surface area (Å²) >= 11 is 0. The van der Waals surface area contributed by atoms with E-state index in [4.69, 9.17) is 9.47 Å². The van der Waals surface area contributed by atoms with Crippen LogP contribution in [0.4, 0.5) is 0 Å². The highest BCUT2D eigenvalue weighted by Gasteiger charge is 2.31. The van der Waals surface area contributed by atoms with Crippen molar-refractivity contribution in [2.45, 2.75) is 51.2 Å². The second-order valence-electron chi connectivity index (χ2n) is 8.20. The van der Waals surface area contributed by atoms with Gasteiger partial charge >= 0.3 is 0 Å². The first kappa shape index (κ1) is 18.4. The Morgan fingerprint density at radius 1 is 0.963 bits per heavy atom. The predicted octanol–water partition coefficient (Wildman–Crippen LogP) is 5.25. The molecule has 0 radical (unpaired) electrons. The molecule has 2 aromatic carbocycles. The van der Waals surface area contributed by atoms with E-state index in [1.807, 2.05) is 0 Å². The summed E-state index contributed by atoms with van der Waals surface area (Å²) in [6.45, 7) is 5.65. The van der Waals surface area contributed by atoms with Gasteiger partial charge in [0.2, 0.25) is 0 Å². The van der Waals surface area contributed by atoms with Crippen molar-refractivity contribution in [3.63, 3.8) is 0 Å². The number of benzene rings is 2. The molecule has 2 fully saturated rings. The van der Waals surface area contributed by atoms with Crippen molar-refractivity contribution in [3.8, 4) is 11.5 Å². The van der Waals surface area contributed by atoms with Crippen LogP contribution >= 0.6 is 0 Å². The molecule has 0 unspecified atom stereocenters. The summed E-state index contributed by atoms with van der Waals surface area (Å²) in [5.74, 6) is 2.97. The fourth-order valence-corrected chi connectivity index (χ4v) is 4.67. The van der Waals surface area contributed by atoms with E-state index in [1.165, 1.54) is 24.0 Å². The van der Waals surface area contributed by atoms with Crippen molar-refractivity contribution < 1.29 is 9.47 Å². The fourth-order valence-electron chi connectivity index (χ4n) is 4.67. The topological polar surface area (TPSA) is 21.7 Å². The molecule has 27 heavy (non-hydrogen) atoms. The lowest BCUT2D eigenvalue weighted by atomic mass is 9.90. The largest absolute Gasteiger partial charge is 0.493 e. The monoisotopic (exact) mass is 365 g/mol. The Balaban J connectivity index is 1.48. The lowest BCUT2D eigenvalue weighted by Crippen LogP contribution is -2.20. The van der Waals surface area contributed by atoms with Crippen LogP contribution in [0, 0.1) is 5.92 Å². The van der Waals surface area contributed by atoms with E-state index in [2.05, 4.69) is 60.4 Å². The Bertz CT molecular complexity index is 739. The maximum atomic E-state index is 6.32. The minimum atomic E-state index is 0.352. The van der Waals surface area contributed by atoms with Crippen LogP contribution in [0.3, 0.4) is 0 Å². The molecule has 0 aromatic heterocycles. The van der Waals surface area contributed by atoms with Gasteiger partial charge in [0.25, 0.3) is 0 Å². The van der Waals surface area contributed by atoms with E-state index >= 15 is 0 Å². The van der Waals surface area contributed by atoms with Crippen molar-refractivity contribution in [1.29, 1.82) is 0 Å². The summed E-state index contributed by atoms with van der Waals surface area (Å²) in [4.78, 5) is 2.58. The molecule has 1 heterocycles. The van der Waals surface area contributed by atoms with E-state index in [-0.39, 0.29) is 0 Å². The van der Waals surface area contributed by atoms with Gasteiger partial charge in [0.1, 0.15) is 0 Å². The Labute approximate surface area is 163 Å². The molecule has 1 saturated carbocycles. The molecule has 2 atom stereocenters. The second-order valence-corrected chi connectivity index (χ2v) is 8.20. The van der Waals surface area contributed by atoms with Gasteiger partial charge in [-0.3, -0.25) is 4.90 Å². The minimum Gasteiger partial charge on any atom is -0.493 e. The number of ether oxygens (including phenoxy) is 2. The number of methoxy groups -OCH3 is 1. The zero-order chi connectivity index (χ0) is 18.6. The molecule has 144 valence electrons. The minimum absolute atomic E-state index is 0.352. The molecular weight excluding hydrogens is 334 g/mol. The number of rotatable bonds is 6. The van der Waals surface area contributed by atoms with Gasteiger partial charge in [-0.1, -0.05) is 43.3 Å². The third-order valence-corrected chi connectivity index (χ3v) is 6.15. The van der Waals surface area contributed by atoms with Gasteiger partial charge in [0.05, 0.1) is 13.2 Å². The van der Waals surface area contributed by atoms with E-state index in [0.717, 1.165) is 44.0 Å². The lowest BCUT2D eigenvalue weighted by molar-refractivity contribution is 0.200. The van der Waals surface area contributed by atoms with Crippen LogP contribution in [0.15, 0.2) is 48.5 Å². The zero-order valence-corrected chi connectivity index (χ0v) is 16.6. The van der Waals surface area contributed by atoms with Crippen molar-refractivity contribution in [1.82, 2.24) is 4.90 Å². The number of hydrogen-bond donors (Lipinski definition) is 0. The van der Waals surface area contributed by atoms with Gasteiger partial charge in [-0.05, 0) is 54.9 Å². The van der Waals surface area contributed by atoms with E-state index in [0.29, 0.717) is 17.9 Å². The Hall–Kier alpha value is -2.00. The molecule has 0 spiro atoms. The summed E-state index contributed by atoms with van der Waals surface area (Å²) in [6, 6.07) is 17.3. The fraction of sp³-hybridized carbons (Fsp3) is 0.500. The van der Waals surface area contributed by atoms with Gasteiger partial charge in [-0.15, -0.1) is 0 Å². The van der Waals surface area contributed by atoms with Crippen LogP contribution in [0.1, 0.15) is 49.7 Å². The molecule has 4 rings (SSSR count). The SMILES string of the molecule is COc1ccc([C@@H]2CN(Cc3ccccc3)C[C@@H]2C)cc1OC1CCCC1. The number of hydrogen-bond acceptors (Lipinski definition) is 3. The van der Waals surface area contributed by atoms with Gasteiger partial charge in [-0.2, -0.15) is 0 Å². The van der Waals surface area contributed by atoms with Gasteiger partial charge in [0, 0.05) is 25.6 Å². The van der Waals surface area contributed by atoms with Gasteiger partial charge in [-0.25, -0.2) is 0 Å². The summed E-state index contributed by atoms with van der Waals surface area (Å²) in [6.07, 6.45) is 5.24. The second kappa shape index (κ2) is 8.35. The summed E-state index contributed by atoms with van der Waals surface area (Å²) in [7, 11) is 1.73. The number of nitrogens with zero attached hydrogens (tertiary/aromatic N) is 1. The Morgan fingerprint density at radius 2 is 1.74 bits per heavy atom. The maximum absolute atomic E-state index is 6.32. The molecule has 3 heteroatoms. The van der Waals surface area contributed by atoms with Crippen molar-refractivity contribution >= 4 is 0 Å². The smallest absolute Gasteiger partial charge is 0.161 e. The van der Waals surface area contributed by atoms with Crippen LogP contribution in [0.2, 0.25) is 0 Å². The van der Waals surface area contributed by atoms with Crippen LogP contribution in [0.25, 0.3) is 0 Å². The number of likely N-dealkylation sites (tertiary alicyclic amines) is 1. The first-order valence-electron chi connectivity index (χ1n) is 10.3. The highest BCUT2D eigenvalue weighted by Crippen LogP contribution is 2.39. The van der Waals surface area contributed by atoms with Crippen molar-refractivity contribution in [2.24, 2.45) is 5.92 Å². The van der Waals surface area contributed by atoms with Gasteiger partial charge in [0.15, 0.2) is 11.5 Å². The quantitative estimate of drug-likeness (QED) is 0.698. The standard InChI is InChI=1S/C24H31NO2/c1-18-15-25(16-19-8-4-3-5-9-19)17-22(18)20-12-13-23(26-2)24(14-20)27-21-10-6-7-11-21/h3-5,8-9,12-14,18,21-22H,6-7,10-11,15-17H2,1-2H3/t18-,22+/m0/s1. The molecule has 0 bridgehead atoms. The molecule has 1 saturated heterocycles. The first-order chi connectivity index (χ1) is 13.2. The summed E-state index contributed by atoms with van der Waals surface area (Å²) in [5.41, 5.74) is 2.78. The summed E-state index contributed by atoms with van der Waals surface area (Å²) in [5, 5.41) is 0. The summed E-state index contributed by atoms with van der Waals surface area (Å²) < 4.78 is 11.9. The molecule has 3 nitrogen and oxygen atoms in total. The Kier molecular flexibility index (Phi) is 5.68. The molecule has 0 N–H and O–H groups in total. The van der Waals surface area contributed by atoms with Crippen molar-refractivity contribution in [3.05, 3.63) is 59.7 Å². The van der Waals surface area contributed by atoms with E-state index < -0.39 is 0 Å². The van der Waals surface area contributed by atoms with Crippen LogP contribution in [0.5, 0.6) is 11.5 Å². The molecule has 0 amide bonds. The Morgan fingerprint density at radius 3 is 2.48 bits per heavy atom. The predicted molar refractivity (Wildman–Crippen MR) is 110 cm³/mol.